The molecule has 6 heteroatoms. The van der Waals surface area contributed by atoms with E-state index in [-0.39, 0.29) is 29.9 Å². The van der Waals surface area contributed by atoms with Gasteiger partial charge in [0.1, 0.15) is 0 Å². The van der Waals surface area contributed by atoms with Crippen LogP contribution in [0.2, 0.25) is 0 Å². The molecule has 0 saturated carbocycles. The number of rotatable bonds is 8. The number of amides is 1. The van der Waals surface area contributed by atoms with Crippen molar-refractivity contribution in [1.29, 1.82) is 0 Å². The van der Waals surface area contributed by atoms with Gasteiger partial charge in [-0.05, 0) is 20.8 Å². The van der Waals surface area contributed by atoms with E-state index in [1.807, 2.05) is 25.7 Å². The fourth-order valence-electron chi connectivity index (χ4n) is 1.51. The molecule has 1 amide bonds. The zero-order valence-corrected chi connectivity index (χ0v) is 14.6. The standard InChI is InChI=1S/C13H26N4O.HI/c1-5-10-15-13(14-6-2)16-11-9-12(18)17(7-3)8-4;/h5H,1,6-11H2,2-4H3,(H2,14,15,16);1H. The highest BCUT2D eigenvalue weighted by Gasteiger charge is 2.08. The van der Waals surface area contributed by atoms with E-state index in [1.165, 1.54) is 0 Å². The molecular formula is C13H27IN4O. The highest BCUT2D eigenvalue weighted by Crippen LogP contribution is 1.94. The molecule has 0 rings (SSSR count). The van der Waals surface area contributed by atoms with E-state index in [4.69, 9.17) is 0 Å². The SMILES string of the molecule is C=CCNC(=NCCC(=O)N(CC)CC)NCC.I. The summed E-state index contributed by atoms with van der Waals surface area (Å²) in [7, 11) is 0. The van der Waals surface area contributed by atoms with Crippen LogP contribution >= 0.6 is 24.0 Å². The van der Waals surface area contributed by atoms with Gasteiger partial charge in [-0.15, -0.1) is 30.6 Å². The molecule has 0 aromatic rings. The highest BCUT2D eigenvalue weighted by atomic mass is 127. The highest BCUT2D eigenvalue weighted by molar-refractivity contribution is 14.0. The molecule has 0 aromatic carbocycles. The van der Waals surface area contributed by atoms with Gasteiger partial charge in [-0.1, -0.05) is 6.08 Å². The molecule has 112 valence electrons. The first-order valence-electron chi connectivity index (χ1n) is 6.60. The third-order valence-corrected chi connectivity index (χ3v) is 2.47. The van der Waals surface area contributed by atoms with Crippen LogP contribution in [0.4, 0.5) is 0 Å². The van der Waals surface area contributed by atoms with Crippen molar-refractivity contribution >= 4 is 35.8 Å². The first-order chi connectivity index (χ1) is 8.69. The van der Waals surface area contributed by atoms with Crippen LogP contribution in [0.3, 0.4) is 0 Å². The van der Waals surface area contributed by atoms with E-state index in [9.17, 15) is 4.79 Å². The molecule has 0 aliphatic heterocycles. The molecule has 0 radical (unpaired) electrons. The van der Waals surface area contributed by atoms with Crippen molar-refractivity contribution in [2.45, 2.75) is 27.2 Å². The lowest BCUT2D eigenvalue weighted by Gasteiger charge is -2.18. The van der Waals surface area contributed by atoms with Crippen LogP contribution in [0.5, 0.6) is 0 Å². The van der Waals surface area contributed by atoms with E-state index < -0.39 is 0 Å². The van der Waals surface area contributed by atoms with Crippen molar-refractivity contribution in [2.24, 2.45) is 4.99 Å². The monoisotopic (exact) mass is 382 g/mol. The number of hydrogen-bond acceptors (Lipinski definition) is 2. The van der Waals surface area contributed by atoms with Crippen LogP contribution in [0.1, 0.15) is 27.2 Å². The van der Waals surface area contributed by atoms with Gasteiger partial charge in [-0.2, -0.15) is 0 Å². The summed E-state index contributed by atoms with van der Waals surface area (Å²) >= 11 is 0. The maximum atomic E-state index is 11.8. The number of carbonyl (C=O) groups excluding carboxylic acids is 1. The summed E-state index contributed by atoms with van der Waals surface area (Å²) in [5.74, 6) is 0.882. The summed E-state index contributed by atoms with van der Waals surface area (Å²) in [5.41, 5.74) is 0. The van der Waals surface area contributed by atoms with Crippen LogP contribution in [0.15, 0.2) is 17.6 Å². The first-order valence-corrected chi connectivity index (χ1v) is 6.60. The molecule has 19 heavy (non-hydrogen) atoms. The summed E-state index contributed by atoms with van der Waals surface area (Å²) in [5, 5.41) is 6.21. The summed E-state index contributed by atoms with van der Waals surface area (Å²) in [4.78, 5) is 17.9. The molecule has 0 fully saturated rings. The van der Waals surface area contributed by atoms with Gasteiger partial charge in [0, 0.05) is 32.6 Å². The fraction of sp³-hybridized carbons (Fsp3) is 0.692. The predicted octanol–water partition coefficient (Wildman–Crippen LogP) is 1.60. The Morgan fingerprint density at radius 2 is 1.89 bits per heavy atom. The zero-order chi connectivity index (χ0) is 13.8. The Morgan fingerprint density at radius 1 is 1.26 bits per heavy atom. The molecule has 0 aliphatic carbocycles. The van der Waals surface area contributed by atoms with E-state index >= 15 is 0 Å². The van der Waals surface area contributed by atoms with E-state index in [1.54, 1.807) is 6.08 Å². The molecule has 5 nitrogen and oxygen atoms in total. The van der Waals surface area contributed by atoms with Gasteiger partial charge in [0.15, 0.2) is 5.96 Å². The topological polar surface area (TPSA) is 56.7 Å². The van der Waals surface area contributed by atoms with Gasteiger partial charge in [0.05, 0.1) is 6.54 Å². The summed E-state index contributed by atoms with van der Waals surface area (Å²) in [6.45, 7) is 13.1. The number of carbonyl (C=O) groups is 1. The third kappa shape index (κ3) is 9.75. The molecule has 0 aromatic heterocycles. The van der Waals surface area contributed by atoms with Gasteiger partial charge in [0.25, 0.3) is 0 Å². The molecule has 0 heterocycles. The van der Waals surface area contributed by atoms with Crippen LogP contribution in [-0.4, -0.2) is 49.5 Å². The third-order valence-electron chi connectivity index (χ3n) is 2.47. The lowest BCUT2D eigenvalue weighted by molar-refractivity contribution is -0.130. The predicted molar refractivity (Wildman–Crippen MR) is 92.1 cm³/mol. The minimum Gasteiger partial charge on any atom is -0.357 e. The normalized spacial score (nSPS) is 10.4. The van der Waals surface area contributed by atoms with Crippen molar-refractivity contribution in [3.05, 3.63) is 12.7 Å². The Hall–Kier alpha value is -0.790. The molecule has 0 aliphatic rings. The van der Waals surface area contributed by atoms with E-state index in [2.05, 4.69) is 22.2 Å². The molecular weight excluding hydrogens is 355 g/mol. The largest absolute Gasteiger partial charge is 0.357 e. The Bertz CT molecular complexity index is 278. The summed E-state index contributed by atoms with van der Waals surface area (Å²) in [6.07, 6.45) is 2.22. The Balaban J connectivity index is 0. The average molecular weight is 382 g/mol. The molecule has 0 atom stereocenters. The molecule has 2 N–H and O–H groups in total. The second-order valence-corrected chi connectivity index (χ2v) is 3.75. The number of halogens is 1. The smallest absolute Gasteiger partial charge is 0.224 e. The molecule has 0 bridgehead atoms. The summed E-state index contributed by atoms with van der Waals surface area (Å²) in [6, 6.07) is 0. The number of hydrogen-bond donors (Lipinski definition) is 2. The second-order valence-electron chi connectivity index (χ2n) is 3.75. The maximum absolute atomic E-state index is 11.8. The number of aliphatic imine (C=N–C) groups is 1. The van der Waals surface area contributed by atoms with Crippen molar-refractivity contribution < 1.29 is 4.79 Å². The van der Waals surface area contributed by atoms with Crippen LogP contribution < -0.4 is 10.6 Å². The minimum atomic E-state index is 0. The van der Waals surface area contributed by atoms with E-state index in [0.717, 1.165) is 25.6 Å². The fourth-order valence-corrected chi connectivity index (χ4v) is 1.51. The first kappa shape index (κ1) is 20.5. The van der Waals surface area contributed by atoms with Crippen molar-refractivity contribution in [3.63, 3.8) is 0 Å². The minimum absolute atomic E-state index is 0. The van der Waals surface area contributed by atoms with E-state index in [0.29, 0.717) is 19.5 Å². The summed E-state index contributed by atoms with van der Waals surface area (Å²) < 4.78 is 0. The van der Waals surface area contributed by atoms with Gasteiger partial charge < -0.3 is 15.5 Å². The van der Waals surface area contributed by atoms with Gasteiger partial charge in [-0.3, -0.25) is 9.79 Å². The lowest BCUT2D eigenvalue weighted by Crippen LogP contribution is -2.37. The maximum Gasteiger partial charge on any atom is 0.224 e. The zero-order valence-electron chi connectivity index (χ0n) is 12.2. The number of guanidine groups is 1. The van der Waals surface area contributed by atoms with Gasteiger partial charge in [-0.25, -0.2) is 0 Å². The molecule has 0 saturated heterocycles. The average Bonchev–Trinajstić information content (AvgIpc) is 2.37. The van der Waals surface area contributed by atoms with Crippen molar-refractivity contribution in [2.75, 3.05) is 32.7 Å². The van der Waals surface area contributed by atoms with Gasteiger partial charge in [0.2, 0.25) is 5.91 Å². The van der Waals surface area contributed by atoms with Crippen molar-refractivity contribution in [1.82, 2.24) is 15.5 Å². The second kappa shape index (κ2) is 13.6. The lowest BCUT2D eigenvalue weighted by atomic mass is 10.3. The quantitative estimate of drug-likeness (QED) is 0.290. The molecule has 0 unspecified atom stereocenters. The van der Waals surface area contributed by atoms with Crippen LogP contribution in [0.25, 0.3) is 0 Å². The Morgan fingerprint density at radius 3 is 2.37 bits per heavy atom. The Labute approximate surface area is 133 Å². The van der Waals surface area contributed by atoms with Crippen molar-refractivity contribution in [3.8, 4) is 0 Å². The molecule has 0 spiro atoms. The van der Waals surface area contributed by atoms with Crippen LogP contribution in [-0.2, 0) is 4.79 Å². The van der Waals surface area contributed by atoms with Crippen LogP contribution in [0, 0.1) is 0 Å². The number of nitrogens with zero attached hydrogens (tertiary/aromatic N) is 2. The number of nitrogens with one attached hydrogen (secondary N) is 2. The van der Waals surface area contributed by atoms with Gasteiger partial charge >= 0.3 is 0 Å². The Kier molecular flexibility index (Phi) is 14.7.